The van der Waals surface area contributed by atoms with E-state index in [1.54, 1.807) is 19.1 Å². The molecule has 7 nitrogen and oxygen atoms in total. The van der Waals surface area contributed by atoms with Gasteiger partial charge in [-0.15, -0.1) is 0 Å². The van der Waals surface area contributed by atoms with Crippen LogP contribution in [0.15, 0.2) is 22.7 Å². The number of hydrogen-bond donors (Lipinski definition) is 1. The summed E-state index contributed by atoms with van der Waals surface area (Å²) in [5, 5.41) is 17.7. The summed E-state index contributed by atoms with van der Waals surface area (Å²) in [5.74, 6) is 1.11. The van der Waals surface area contributed by atoms with Crippen molar-refractivity contribution in [1.82, 2.24) is 10.1 Å². The third-order valence-corrected chi connectivity index (χ3v) is 2.76. The highest BCUT2D eigenvalue weighted by molar-refractivity contribution is 5.59. The maximum absolute atomic E-state index is 10.8. The maximum atomic E-state index is 10.8. The second kappa shape index (κ2) is 5.47. The van der Waals surface area contributed by atoms with E-state index in [1.165, 1.54) is 6.07 Å². The molecule has 2 rings (SSSR count). The van der Waals surface area contributed by atoms with Crippen LogP contribution in [0.1, 0.15) is 24.2 Å². The average molecular weight is 262 g/mol. The molecule has 1 aromatic heterocycles. The van der Waals surface area contributed by atoms with E-state index in [0.717, 1.165) is 0 Å². The standard InChI is InChI=1S/C12H14N4O3/c1-3-11-14-12(19-15-11)7-13-9-5-4-6-10(8(9)2)16(17)18/h4-6,13H,3,7H2,1-2H3. The summed E-state index contributed by atoms with van der Waals surface area (Å²) < 4.78 is 5.04. The van der Waals surface area contributed by atoms with Crippen molar-refractivity contribution in [2.45, 2.75) is 26.8 Å². The molecule has 7 heteroatoms. The molecule has 0 bridgehead atoms. The van der Waals surface area contributed by atoms with Gasteiger partial charge in [-0.3, -0.25) is 10.1 Å². The normalized spacial score (nSPS) is 10.4. The number of aryl methyl sites for hydroxylation is 1. The molecule has 0 aliphatic heterocycles. The van der Waals surface area contributed by atoms with Crippen LogP contribution >= 0.6 is 0 Å². The Morgan fingerprint density at radius 2 is 2.26 bits per heavy atom. The number of nitro benzene ring substituents is 1. The van der Waals surface area contributed by atoms with Crippen LogP contribution in [0.3, 0.4) is 0 Å². The number of nitrogens with one attached hydrogen (secondary N) is 1. The predicted octanol–water partition coefficient (Wildman–Crippen LogP) is 2.46. The van der Waals surface area contributed by atoms with E-state index in [-0.39, 0.29) is 5.69 Å². The van der Waals surface area contributed by atoms with Crippen LogP contribution < -0.4 is 5.32 Å². The Balaban J connectivity index is 2.11. The second-order valence-corrected chi connectivity index (χ2v) is 4.02. The number of nitrogens with zero attached hydrogens (tertiary/aromatic N) is 3. The van der Waals surface area contributed by atoms with Gasteiger partial charge in [-0.2, -0.15) is 4.98 Å². The van der Waals surface area contributed by atoms with Gasteiger partial charge in [0, 0.05) is 23.7 Å². The minimum absolute atomic E-state index is 0.0878. The van der Waals surface area contributed by atoms with Gasteiger partial charge in [0.25, 0.3) is 5.69 Å². The van der Waals surface area contributed by atoms with Crippen LogP contribution in [-0.2, 0) is 13.0 Å². The summed E-state index contributed by atoms with van der Waals surface area (Å²) in [5.41, 5.74) is 1.36. The highest BCUT2D eigenvalue weighted by atomic mass is 16.6. The fourth-order valence-corrected chi connectivity index (χ4v) is 1.69. The van der Waals surface area contributed by atoms with Crippen molar-refractivity contribution in [3.63, 3.8) is 0 Å². The lowest BCUT2D eigenvalue weighted by Crippen LogP contribution is -2.03. The van der Waals surface area contributed by atoms with Crippen LogP contribution in [-0.4, -0.2) is 15.1 Å². The summed E-state index contributed by atoms with van der Waals surface area (Å²) >= 11 is 0. The maximum Gasteiger partial charge on any atom is 0.274 e. The summed E-state index contributed by atoms with van der Waals surface area (Å²) in [6, 6.07) is 4.89. The molecule has 1 N–H and O–H groups in total. The molecule has 2 aromatic rings. The molecule has 0 radical (unpaired) electrons. The van der Waals surface area contributed by atoms with E-state index < -0.39 is 4.92 Å². The van der Waals surface area contributed by atoms with Gasteiger partial charge in [-0.1, -0.05) is 18.1 Å². The van der Waals surface area contributed by atoms with Crippen LogP contribution in [0.5, 0.6) is 0 Å². The van der Waals surface area contributed by atoms with Gasteiger partial charge in [0.1, 0.15) is 0 Å². The van der Waals surface area contributed by atoms with E-state index >= 15 is 0 Å². The summed E-state index contributed by atoms with van der Waals surface area (Å²) in [6.45, 7) is 3.98. The van der Waals surface area contributed by atoms with Gasteiger partial charge in [0.05, 0.1) is 11.5 Å². The van der Waals surface area contributed by atoms with Gasteiger partial charge in [0.2, 0.25) is 5.89 Å². The molecule has 0 saturated carbocycles. The third-order valence-electron chi connectivity index (χ3n) is 2.76. The Morgan fingerprint density at radius 3 is 2.89 bits per heavy atom. The minimum atomic E-state index is -0.400. The molecular weight excluding hydrogens is 248 g/mol. The lowest BCUT2D eigenvalue weighted by atomic mass is 10.1. The van der Waals surface area contributed by atoms with Gasteiger partial charge < -0.3 is 9.84 Å². The van der Waals surface area contributed by atoms with E-state index in [2.05, 4.69) is 15.5 Å². The molecular formula is C12H14N4O3. The van der Waals surface area contributed by atoms with E-state index in [0.29, 0.717) is 35.9 Å². The molecule has 0 saturated heterocycles. The van der Waals surface area contributed by atoms with Crippen molar-refractivity contribution in [2.75, 3.05) is 5.32 Å². The van der Waals surface area contributed by atoms with Crippen LogP contribution in [0, 0.1) is 17.0 Å². The topological polar surface area (TPSA) is 94.1 Å². The smallest absolute Gasteiger partial charge is 0.274 e. The summed E-state index contributed by atoms with van der Waals surface area (Å²) in [4.78, 5) is 14.6. The number of nitro groups is 1. The molecule has 0 fully saturated rings. The average Bonchev–Trinajstić information content (AvgIpc) is 2.85. The van der Waals surface area contributed by atoms with E-state index in [9.17, 15) is 10.1 Å². The molecule has 0 unspecified atom stereocenters. The molecule has 0 amide bonds. The van der Waals surface area contributed by atoms with Crippen molar-refractivity contribution in [2.24, 2.45) is 0 Å². The molecule has 100 valence electrons. The molecule has 0 atom stereocenters. The SMILES string of the molecule is CCc1noc(CNc2cccc([N+](=O)[O-])c2C)n1. The van der Waals surface area contributed by atoms with Gasteiger partial charge in [-0.05, 0) is 13.0 Å². The summed E-state index contributed by atoms with van der Waals surface area (Å²) in [7, 11) is 0. The first kappa shape index (κ1) is 13.0. The number of aromatic nitrogens is 2. The Kier molecular flexibility index (Phi) is 3.74. The Labute approximate surface area is 109 Å². The highest BCUT2D eigenvalue weighted by Crippen LogP contribution is 2.25. The minimum Gasteiger partial charge on any atom is -0.376 e. The molecule has 1 aromatic carbocycles. The first-order valence-electron chi connectivity index (χ1n) is 5.91. The third kappa shape index (κ3) is 2.87. The van der Waals surface area contributed by atoms with Gasteiger partial charge >= 0.3 is 0 Å². The Hall–Kier alpha value is -2.44. The lowest BCUT2D eigenvalue weighted by Gasteiger charge is -2.07. The van der Waals surface area contributed by atoms with Gasteiger partial charge in [0.15, 0.2) is 5.82 Å². The van der Waals surface area contributed by atoms with Crippen LogP contribution in [0.2, 0.25) is 0 Å². The lowest BCUT2D eigenvalue weighted by molar-refractivity contribution is -0.385. The van der Waals surface area contributed by atoms with Crippen molar-refractivity contribution >= 4 is 11.4 Å². The highest BCUT2D eigenvalue weighted by Gasteiger charge is 2.13. The Bertz CT molecular complexity index is 594. The molecule has 0 aliphatic carbocycles. The first-order valence-corrected chi connectivity index (χ1v) is 5.91. The number of rotatable bonds is 5. The fourth-order valence-electron chi connectivity index (χ4n) is 1.69. The fraction of sp³-hybridized carbons (Fsp3) is 0.333. The zero-order valence-electron chi connectivity index (χ0n) is 10.7. The monoisotopic (exact) mass is 262 g/mol. The van der Waals surface area contributed by atoms with Crippen molar-refractivity contribution in [3.05, 3.63) is 45.6 Å². The van der Waals surface area contributed by atoms with Crippen molar-refractivity contribution in [1.29, 1.82) is 0 Å². The largest absolute Gasteiger partial charge is 0.376 e. The number of hydrogen-bond acceptors (Lipinski definition) is 6. The van der Waals surface area contributed by atoms with Crippen molar-refractivity contribution < 1.29 is 9.45 Å². The number of benzene rings is 1. The van der Waals surface area contributed by atoms with E-state index in [4.69, 9.17) is 4.52 Å². The Morgan fingerprint density at radius 1 is 1.47 bits per heavy atom. The van der Waals surface area contributed by atoms with Crippen LogP contribution in [0.4, 0.5) is 11.4 Å². The zero-order chi connectivity index (χ0) is 13.8. The molecule has 19 heavy (non-hydrogen) atoms. The first-order chi connectivity index (χ1) is 9.11. The van der Waals surface area contributed by atoms with Crippen molar-refractivity contribution in [3.8, 4) is 0 Å². The quantitative estimate of drug-likeness (QED) is 0.657. The summed E-state index contributed by atoms with van der Waals surface area (Å²) in [6.07, 6.45) is 0.708. The predicted molar refractivity (Wildman–Crippen MR) is 68.8 cm³/mol. The van der Waals surface area contributed by atoms with E-state index in [1.807, 2.05) is 6.92 Å². The second-order valence-electron chi connectivity index (χ2n) is 4.02. The molecule has 0 aliphatic rings. The van der Waals surface area contributed by atoms with Crippen LogP contribution in [0.25, 0.3) is 0 Å². The van der Waals surface area contributed by atoms with Gasteiger partial charge in [-0.25, -0.2) is 0 Å². The molecule has 1 heterocycles. The molecule has 0 spiro atoms. The zero-order valence-corrected chi connectivity index (χ0v) is 10.7. The number of anilines is 1.